The van der Waals surface area contributed by atoms with Crippen LogP contribution in [0.2, 0.25) is 0 Å². The first-order valence-corrected chi connectivity index (χ1v) is 6.82. The van der Waals surface area contributed by atoms with Crippen molar-refractivity contribution in [2.24, 2.45) is 0 Å². The minimum Gasteiger partial charge on any atom is -0.306 e. The first-order chi connectivity index (χ1) is 9.04. The van der Waals surface area contributed by atoms with E-state index in [4.69, 9.17) is 0 Å². The van der Waals surface area contributed by atoms with Crippen LogP contribution in [0, 0.1) is 6.92 Å². The molecule has 1 aliphatic rings. The molecule has 2 rings (SSSR count). The van der Waals surface area contributed by atoms with Crippen molar-refractivity contribution in [2.45, 2.75) is 38.6 Å². The lowest BCUT2D eigenvalue weighted by Crippen LogP contribution is -2.25. The van der Waals surface area contributed by atoms with Crippen molar-refractivity contribution in [3.05, 3.63) is 41.2 Å². The van der Waals surface area contributed by atoms with Gasteiger partial charge in [-0.1, -0.05) is 17.7 Å². The molecule has 0 aliphatic heterocycles. The highest BCUT2D eigenvalue weighted by Gasteiger charge is 2.20. The molecule has 1 atom stereocenters. The van der Waals surface area contributed by atoms with Crippen molar-refractivity contribution >= 4 is 5.78 Å². The quantitative estimate of drug-likeness (QED) is 0.761. The molecule has 0 radical (unpaired) electrons. The van der Waals surface area contributed by atoms with E-state index in [-0.39, 0.29) is 5.78 Å². The molecule has 1 aromatic heterocycles. The highest BCUT2D eigenvalue weighted by Crippen LogP contribution is 2.24. The predicted molar refractivity (Wildman–Crippen MR) is 77.1 cm³/mol. The van der Waals surface area contributed by atoms with Gasteiger partial charge in [-0.15, -0.1) is 0 Å². The maximum atomic E-state index is 12.0. The Morgan fingerprint density at radius 3 is 2.74 bits per heavy atom. The van der Waals surface area contributed by atoms with Gasteiger partial charge in [-0.2, -0.15) is 0 Å². The Morgan fingerprint density at radius 1 is 1.37 bits per heavy atom. The van der Waals surface area contributed by atoms with Crippen LogP contribution in [0.1, 0.15) is 30.5 Å². The van der Waals surface area contributed by atoms with E-state index in [1.165, 1.54) is 5.57 Å². The zero-order valence-corrected chi connectivity index (χ0v) is 12.0. The van der Waals surface area contributed by atoms with E-state index in [2.05, 4.69) is 30.1 Å². The summed E-state index contributed by atoms with van der Waals surface area (Å²) in [5, 5.41) is 0. The fourth-order valence-electron chi connectivity index (χ4n) is 2.43. The maximum absolute atomic E-state index is 12.0. The van der Waals surface area contributed by atoms with Crippen LogP contribution in [0.25, 0.3) is 0 Å². The number of carbonyl (C=O) groups excluding carboxylic acids is 1. The number of aromatic nitrogens is 1. The van der Waals surface area contributed by atoms with Crippen LogP contribution in [0.5, 0.6) is 0 Å². The summed E-state index contributed by atoms with van der Waals surface area (Å²) < 4.78 is 0. The molecule has 0 fully saturated rings. The lowest BCUT2D eigenvalue weighted by molar-refractivity contribution is -0.117. The summed E-state index contributed by atoms with van der Waals surface area (Å²) >= 11 is 0. The predicted octanol–water partition coefficient (Wildman–Crippen LogP) is 2.54. The number of Topliss-reactive ketones (excluding diaryl/α,β-unsaturated/α-hetero) is 1. The lowest BCUT2D eigenvalue weighted by atomic mass is 10.0. The Bertz CT molecular complexity index is 474. The Balaban J connectivity index is 1.84. The van der Waals surface area contributed by atoms with Crippen LogP contribution in [-0.4, -0.2) is 35.8 Å². The van der Waals surface area contributed by atoms with Gasteiger partial charge in [0.1, 0.15) is 5.78 Å². The number of ketones is 1. The van der Waals surface area contributed by atoms with Gasteiger partial charge in [0.05, 0.1) is 0 Å². The van der Waals surface area contributed by atoms with Gasteiger partial charge in [0, 0.05) is 30.8 Å². The van der Waals surface area contributed by atoms with Crippen molar-refractivity contribution in [1.82, 2.24) is 9.88 Å². The number of rotatable bonds is 5. The number of pyridine rings is 1. The topological polar surface area (TPSA) is 33.2 Å². The Morgan fingerprint density at radius 2 is 2.16 bits per heavy atom. The monoisotopic (exact) mass is 258 g/mol. The third kappa shape index (κ3) is 4.00. The smallest absolute Gasteiger partial charge is 0.142 e. The van der Waals surface area contributed by atoms with E-state index in [1.807, 2.05) is 25.3 Å². The number of aryl methyl sites for hydroxylation is 1. The van der Waals surface area contributed by atoms with Gasteiger partial charge in [-0.3, -0.25) is 9.78 Å². The molecule has 0 bridgehead atoms. The van der Waals surface area contributed by atoms with Crippen molar-refractivity contribution in [1.29, 1.82) is 0 Å². The normalized spacial score (nSPS) is 18.7. The molecule has 1 aliphatic carbocycles. The number of nitrogens with zero attached hydrogens (tertiary/aromatic N) is 2. The second-order valence-corrected chi connectivity index (χ2v) is 5.64. The molecule has 0 spiro atoms. The van der Waals surface area contributed by atoms with E-state index < -0.39 is 0 Å². The first-order valence-electron chi connectivity index (χ1n) is 6.82. The molecular formula is C16H22N2O. The second kappa shape index (κ2) is 6.11. The summed E-state index contributed by atoms with van der Waals surface area (Å²) in [6.07, 6.45) is 7.17. The largest absolute Gasteiger partial charge is 0.306 e. The molecule has 3 heteroatoms. The number of hydrogen-bond donors (Lipinski definition) is 0. The van der Waals surface area contributed by atoms with Crippen molar-refractivity contribution in [2.75, 3.05) is 14.1 Å². The summed E-state index contributed by atoms with van der Waals surface area (Å²) in [6.45, 7) is 2.00. The number of carbonyl (C=O) groups is 1. The Hall–Kier alpha value is -1.48. The third-order valence-electron chi connectivity index (χ3n) is 3.68. The zero-order chi connectivity index (χ0) is 13.8. The molecule has 19 heavy (non-hydrogen) atoms. The highest BCUT2D eigenvalue weighted by molar-refractivity contribution is 5.82. The molecule has 0 saturated heterocycles. The summed E-state index contributed by atoms with van der Waals surface area (Å²) in [6, 6.07) is 4.52. The Kier molecular flexibility index (Phi) is 4.48. The van der Waals surface area contributed by atoms with Gasteiger partial charge in [-0.05, 0) is 45.5 Å². The van der Waals surface area contributed by atoms with Crippen molar-refractivity contribution in [3.63, 3.8) is 0 Å². The fraction of sp³-hybridized carbons (Fsp3) is 0.500. The molecule has 0 amide bonds. The lowest BCUT2D eigenvalue weighted by Gasteiger charge is -2.18. The summed E-state index contributed by atoms with van der Waals surface area (Å²) in [4.78, 5) is 18.6. The molecule has 0 N–H and O–H groups in total. The molecule has 3 nitrogen and oxygen atoms in total. The van der Waals surface area contributed by atoms with Crippen molar-refractivity contribution in [3.8, 4) is 0 Å². The van der Waals surface area contributed by atoms with E-state index >= 15 is 0 Å². The first kappa shape index (κ1) is 13.9. The highest BCUT2D eigenvalue weighted by atomic mass is 16.1. The van der Waals surface area contributed by atoms with E-state index in [0.717, 1.165) is 24.1 Å². The van der Waals surface area contributed by atoms with Gasteiger partial charge in [0.25, 0.3) is 0 Å². The number of hydrogen-bond acceptors (Lipinski definition) is 3. The molecule has 0 saturated carbocycles. The van der Waals surface area contributed by atoms with Crippen LogP contribution >= 0.6 is 0 Å². The molecule has 1 aromatic rings. The van der Waals surface area contributed by atoms with E-state index in [0.29, 0.717) is 18.9 Å². The van der Waals surface area contributed by atoms with E-state index in [9.17, 15) is 4.79 Å². The van der Waals surface area contributed by atoms with E-state index in [1.54, 1.807) is 0 Å². The fourth-order valence-corrected chi connectivity index (χ4v) is 2.43. The zero-order valence-electron chi connectivity index (χ0n) is 12.0. The van der Waals surface area contributed by atoms with Gasteiger partial charge < -0.3 is 4.90 Å². The van der Waals surface area contributed by atoms with Crippen LogP contribution in [0.3, 0.4) is 0 Å². The third-order valence-corrected chi connectivity index (χ3v) is 3.68. The minimum absolute atomic E-state index is 0.266. The average Bonchev–Trinajstić information content (AvgIpc) is 2.80. The van der Waals surface area contributed by atoms with Crippen LogP contribution in [-0.2, 0) is 11.2 Å². The molecule has 102 valence electrons. The summed E-state index contributed by atoms with van der Waals surface area (Å²) in [5.74, 6) is 0.266. The standard InChI is InChI=1S/C16H22N2O/c1-12-4-6-14(17-11-12)10-16(19)9-13-5-7-15(8-13)18(2)3/h4-6,11,15H,7-10H2,1-3H3. The van der Waals surface area contributed by atoms with Crippen LogP contribution in [0.15, 0.2) is 30.0 Å². The second-order valence-electron chi connectivity index (χ2n) is 5.64. The van der Waals surface area contributed by atoms with Gasteiger partial charge >= 0.3 is 0 Å². The molecule has 1 unspecified atom stereocenters. The molecule has 0 aromatic carbocycles. The van der Waals surface area contributed by atoms with Gasteiger partial charge in [-0.25, -0.2) is 0 Å². The summed E-state index contributed by atoms with van der Waals surface area (Å²) in [5.41, 5.74) is 3.29. The van der Waals surface area contributed by atoms with Crippen LogP contribution in [0.4, 0.5) is 0 Å². The SMILES string of the molecule is Cc1ccc(CC(=O)CC2=CCC(N(C)C)C2)nc1. The summed E-state index contributed by atoms with van der Waals surface area (Å²) in [7, 11) is 4.19. The molecular weight excluding hydrogens is 236 g/mol. The van der Waals surface area contributed by atoms with Gasteiger partial charge in [0.15, 0.2) is 0 Å². The minimum atomic E-state index is 0.266. The Labute approximate surface area is 115 Å². The van der Waals surface area contributed by atoms with Crippen molar-refractivity contribution < 1.29 is 4.79 Å². The van der Waals surface area contributed by atoms with Crippen LogP contribution < -0.4 is 0 Å². The molecule has 1 heterocycles. The maximum Gasteiger partial charge on any atom is 0.142 e. The van der Waals surface area contributed by atoms with Gasteiger partial charge in [0.2, 0.25) is 0 Å². The average molecular weight is 258 g/mol.